The predicted octanol–water partition coefficient (Wildman–Crippen LogP) is 3.00. The molecule has 2 heterocycles. The minimum absolute atomic E-state index is 0.0582. The first kappa shape index (κ1) is 14.8. The van der Waals surface area contributed by atoms with E-state index in [2.05, 4.69) is 0 Å². The average molecular weight is 315 g/mol. The summed E-state index contributed by atoms with van der Waals surface area (Å²) in [5.74, 6) is -1.60. The molecule has 0 saturated carbocycles. The van der Waals surface area contributed by atoms with E-state index in [1.54, 1.807) is 4.90 Å². The van der Waals surface area contributed by atoms with Gasteiger partial charge < -0.3 is 10.0 Å². The fourth-order valence-electron chi connectivity index (χ4n) is 2.99. The van der Waals surface area contributed by atoms with Crippen LogP contribution in [0.2, 0.25) is 0 Å². The van der Waals surface area contributed by atoms with Crippen LogP contribution in [-0.4, -0.2) is 35.0 Å². The zero-order valence-corrected chi connectivity index (χ0v) is 13.0. The van der Waals surface area contributed by atoms with Crippen molar-refractivity contribution in [3.8, 4) is 0 Å². The number of nitrogens with zero attached hydrogens (tertiary/aromatic N) is 1. The van der Waals surface area contributed by atoms with Gasteiger partial charge in [-0.1, -0.05) is 30.3 Å². The van der Waals surface area contributed by atoms with E-state index in [4.69, 9.17) is 0 Å². The molecule has 1 fully saturated rings. The zero-order valence-electron chi connectivity index (χ0n) is 12.2. The molecule has 3 rings (SSSR count). The van der Waals surface area contributed by atoms with Crippen LogP contribution >= 0.6 is 11.3 Å². The van der Waals surface area contributed by atoms with E-state index >= 15 is 0 Å². The zero-order chi connectivity index (χ0) is 15.7. The van der Waals surface area contributed by atoms with Crippen molar-refractivity contribution in [3.05, 3.63) is 57.8 Å². The normalized spacial score (nSPS) is 21.0. The first-order valence-corrected chi connectivity index (χ1v) is 8.07. The largest absolute Gasteiger partial charge is 0.481 e. The third kappa shape index (κ3) is 2.64. The second kappa shape index (κ2) is 5.93. The molecule has 0 spiro atoms. The minimum Gasteiger partial charge on any atom is -0.481 e. The van der Waals surface area contributed by atoms with Crippen LogP contribution in [0.1, 0.15) is 26.7 Å². The molecule has 0 radical (unpaired) electrons. The van der Waals surface area contributed by atoms with E-state index in [9.17, 15) is 14.7 Å². The van der Waals surface area contributed by atoms with Crippen molar-refractivity contribution in [1.82, 2.24) is 4.90 Å². The number of benzene rings is 1. The lowest BCUT2D eigenvalue weighted by molar-refractivity contribution is -0.141. The van der Waals surface area contributed by atoms with Crippen molar-refractivity contribution < 1.29 is 14.7 Å². The molecule has 1 saturated heterocycles. The Morgan fingerprint density at radius 2 is 1.91 bits per heavy atom. The molecule has 1 N–H and O–H groups in total. The summed E-state index contributed by atoms with van der Waals surface area (Å²) in [7, 11) is 0. The van der Waals surface area contributed by atoms with Crippen LogP contribution in [0.5, 0.6) is 0 Å². The quantitative estimate of drug-likeness (QED) is 0.947. The van der Waals surface area contributed by atoms with Gasteiger partial charge in [0, 0.05) is 19.0 Å². The van der Waals surface area contributed by atoms with Crippen molar-refractivity contribution in [3.63, 3.8) is 0 Å². The third-order valence-corrected chi connectivity index (χ3v) is 5.21. The minimum atomic E-state index is -0.841. The number of likely N-dealkylation sites (tertiary alicyclic amines) is 1. The average Bonchev–Trinajstić information content (AvgIpc) is 3.14. The second-order valence-corrected chi connectivity index (χ2v) is 6.52. The molecule has 114 valence electrons. The van der Waals surface area contributed by atoms with Gasteiger partial charge in [0.2, 0.25) is 0 Å². The predicted molar refractivity (Wildman–Crippen MR) is 85.3 cm³/mol. The molecule has 1 aromatic carbocycles. The van der Waals surface area contributed by atoms with Gasteiger partial charge in [0.05, 0.1) is 10.8 Å². The summed E-state index contributed by atoms with van der Waals surface area (Å²) in [6, 6.07) is 11.5. The lowest BCUT2D eigenvalue weighted by Gasteiger charge is -2.16. The Bertz CT molecular complexity index is 695. The first-order chi connectivity index (χ1) is 10.6. The maximum Gasteiger partial charge on any atom is 0.308 e. The molecular formula is C17H17NO3S. The number of carboxylic acid groups (broad SMARTS) is 1. The van der Waals surface area contributed by atoms with Crippen LogP contribution in [0.25, 0.3) is 0 Å². The van der Waals surface area contributed by atoms with Crippen LogP contribution in [0.4, 0.5) is 0 Å². The molecule has 22 heavy (non-hydrogen) atoms. The highest BCUT2D eigenvalue weighted by molar-refractivity contribution is 7.12. The lowest BCUT2D eigenvalue weighted by Crippen LogP contribution is -2.29. The fourth-order valence-corrected chi connectivity index (χ4v) is 3.89. The molecule has 0 bridgehead atoms. The molecule has 1 aromatic heterocycles. The van der Waals surface area contributed by atoms with Crippen molar-refractivity contribution >= 4 is 23.2 Å². The van der Waals surface area contributed by atoms with Crippen LogP contribution in [0.3, 0.4) is 0 Å². The van der Waals surface area contributed by atoms with Crippen molar-refractivity contribution in [1.29, 1.82) is 0 Å². The number of hydrogen-bond acceptors (Lipinski definition) is 3. The van der Waals surface area contributed by atoms with Gasteiger partial charge in [-0.15, -0.1) is 11.3 Å². The van der Waals surface area contributed by atoms with E-state index in [1.165, 1.54) is 11.3 Å². The fraction of sp³-hybridized carbons (Fsp3) is 0.294. The summed E-state index contributed by atoms with van der Waals surface area (Å²) in [5, 5.41) is 11.4. The number of aryl methyl sites for hydroxylation is 1. The Balaban J connectivity index is 1.86. The summed E-state index contributed by atoms with van der Waals surface area (Å²) < 4.78 is 0. The first-order valence-electron chi connectivity index (χ1n) is 7.19. The van der Waals surface area contributed by atoms with Crippen molar-refractivity contribution in [2.75, 3.05) is 13.1 Å². The van der Waals surface area contributed by atoms with Gasteiger partial charge >= 0.3 is 5.97 Å². The van der Waals surface area contributed by atoms with Gasteiger partial charge in [-0.25, -0.2) is 0 Å². The Morgan fingerprint density at radius 3 is 2.50 bits per heavy atom. The number of rotatable bonds is 3. The van der Waals surface area contributed by atoms with E-state index in [1.807, 2.05) is 48.7 Å². The van der Waals surface area contributed by atoms with Gasteiger partial charge in [0.25, 0.3) is 5.91 Å². The van der Waals surface area contributed by atoms with Crippen molar-refractivity contribution in [2.45, 2.75) is 12.8 Å². The summed E-state index contributed by atoms with van der Waals surface area (Å²) in [6.45, 7) is 2.63. The Kier molecular flexibility index (Phi) is 3.98. The molecule has 2 atom stereocenters. The molecule has 1 amide bonds. The Hall–Kier alpha value is -2.14. The van der Waals surface area contributed by atoms with Crippen LogP contribution in [0, 0.1) is 12.8 Å². The highest BCUT2D eigenvalue weighted by Crippen LogP contribution is 2.34. The van der Waals surface area contributed by atoms with E-state index in [0.29, 0.717) is 11.4 Å². The molecule has 1 aliphatic heterocycles. The number of thiophene rings is 1. The highest BCUT2D eigenvalue weighted by Gasteiger charge is 2.40. The van der Waals surface area contributed by atoms with Gasteiger partial charge in [0.15, 0.2) is 0 Å². The molecule has 0 unspecified atom stereocenters. The molecular weight excluding hydrogens is 298 g/mol. The number of carbonyl (C=O) groups is 2. The molecule has 1 aliphatic rings. The lowest BCUT2D eigenvalue weighted by atomic mass is 9.89. The monoisotopic (exact) mass is 315 g/mol. The highest BCUT2D eigenvalue weighted by atomic mass is 32.1. The standard InChI is InChI=1S/C17H17NO3S/c1-11-7-8-22-15(11)16(19)18-9-13(14(10-18)17(20)21)12-5-3-2-4-6-12/h2-8,13-14H,9-10H2,1H3,(H,20,21)/t13-,14-/m0/s1. The van der Waals surface area contributed by atoms with Crippen molar-refractivity contribution in [2.24, 2.45) is 5.92 Å². The summed E-state index contributed by atoms with van der Waals surface area (Å²) >= 11 is 1.41. The van der Waals surface area contributed by atoms with Crippen LogP contribution < -0.4 is 0 Å². The summed E-state index contributed by atoms with van der Waals surface area (Å²) in [5.41, 5.74) is 1.93. The Labute approximate surface area is 133 Å². The van der Waals surface area contributed by atoms with E-state index in [-0.39, 0.29) is 18.4 Å². The summed E-state index contributed by atoms with van der Waals surface area (Å²) in [6.07, 6.45) is 0. The number of hydrogen-bond donors (Lipinski definition) is 1. The maximum atomic E-state index is 12.6. The van der Waals surface area contributed by atoms with E-state index in [0.717, 1.165) is 11.1 Å². The van der Waals surface area contributed by atoms with Gasteiger partial charge in [0.1, 0.15) is 0 Å². The Morgan fingerprint density at radius 1 is 1.18 bits per heavy atom. The second-order valence-electron chi connectivity index (χ2n) is 5.60. The third-order valence-electron chi connectivity index (χ3n) is 4.21. The van der Waals surface area contributed by atoms with Gasteiger partial charge in [-0.05, 0) is 29.5 Å². The van der Waals surface area contributed by atoms with Gasteiger partial charge in [-0.2, -0.15) is 0 Å². The molecule has 4 nitrogen and oxygen atoms in total. The molecule has 5 heteroatoms. The van der Waals surface area contributed by atoms with E-state index < -0.39 is 11.9 Å². The number of carbonyl (C=O) groups excluding carboxylic acids is 1. The number of amides is 1. The molecule has 0 aliphatic carbocycles. The van der Waals surface area contributed by atoms with Gasteiger partial charge in [-0.3, -0.25) is 9.59 Å². The topological polar surface area (TPSA) is 57.6 Å². The SMILES string of the molecule is Cc1ccsc1C(=O)N1C[C@H](C(=O)O)[C@H](c2ccccc2)C1. The van der Waals surface area contributed by atoms with Crippen LogP contribution in [-0.2, 0) is 4.79 Å². The van der Waals surface area contributed by atoms with Crippen LogP contribution in [0.15, 0.2) is 41.8 Å². The smallest absolute Gasteiger partial charge is 0.308 e. The maximum absolute atomic E-state index is 12.6. The molecule has 2 aromatic rings. The number of carboxylic acids is 1. The summed E-state index contributed by atoms with van der Waals surface area (Å²) in [4.78, 5) is 26.6. The number of aliphatic carboxylic acids is 1.